The molecule has 1 amide bonds. The number of nitrogens with two attached hydrogens (primary N) is 1. The molecular weight excluding hydrogens is 238 g/mol. The Morgan fingerprint density at radius 1 is 1.37 bits per heavy atom. The molecule has 0 aromatic carbocycles. The van der Waals surface area contributed by atoms with Gasteiger partial charge in [0.2, 0.25) is 5.91 Å². The van der Waals surface area contributed by atoms with Crippen molar-refractivity contribution in [1.82, 2.24) is 10.2 Å². The van der Waals surface area contributed by atoms with Crippen LogP contribution in [0.5, 0.6) is 0 Å². The highest BCUT2D eigenvalue weighted by atomic mass is 16.2. The van der Waals surface area contributed by atoms with Crippen molar-refractivity contribution in [2.75, 3.05) is 19.6 Å². The van der Waals surface area contributed by atoms with Gasteiger partial charge in [0.25, 0.3) is 0 Å². The highest BCUT2D eigenvalue weighted by Crippen LogP contribution is 2.21. The van der Waals surface area contributed by atoms with Gasteiger partial charge in [-0.1, -0.05) is 20.8 Å². The zero-order valence-electron chi connectivity index (χ0n) is 13.2. The second kappa shape index (κ2) is 6.71. The third-order valence-electron chi connectivity index (χ3n) is 4.11. The van der Waals surface area contributed by atoms with E-state index in [1.165, 1.54) is 12.8 Å². The Labute approximate surface area is 118 Å². The minimum atomic E-state index is -0.794. The molecule has 1 atom stereocenters. The first-order chi connectivity index (χ1) is 8.71. The number of rotatable bonds is 5. The van der Waals surface area contributed by atoms with Crippen LogP contribution in [0.25, 0.3) is 0 Å². The van der Waals surface area contributed by atoms with Gasteiger partial charge in [0.05, 0.1) is 5.54 Å². The largest absolute Gasteiger partial charge is 0.353 e. The molecule has 112 valence electrons. The van der Waals surface area contributed by atoms with Gasteiger partial charge in [0.15, 0.2) is 0 Å². The van der Waals surface area contributed by atoms with Crippen LogP contribution in [-0.2, 0) is 4.79 Å². The normalized spacial score (nSPS) is 20.6. The van der Waals surface area contributed by atoms with Gasteiger partial charge < -0.3 is 11.1 Å². The molecule has 0 bridgehead atoms. The van der Waals surface area contributed by atoms with Gasteiger partial charge in [-0.05, 0) is 51.6 Å². The molecule has 0 radical (unpaired) electrons. The first-order valence-electron chi connectivity index (χ1n) is 7.53. The predicted molar refractivity (Wildman–Crippen MR) is 79.9 cm³/mol. The number of piperidine rings is 1. The summed E-state index contributed by atoms with van der Waals surface area (Å²) >= 11 is 0. The zero-order valence-corrected chi connectivity index (χ0v) is 13.2. The maximum absolute atomic E-state index is 11.9. The molecule has 4 nitrogen and oxygen atoms in total. The van der Waals surface area contributed by atoms with E-state index >= 15 is 0 Å². The van der Waals surface area contributed by atoms with Gasteiger partial charge in [-0.15, -0.1) is 0 Å². The van der Waals surface area contributed by atoms with E-state index < -0.39 is 5.54 Å². The number of nitrogens with one attached hydrogen (secondary N) is 1. The van der Waals surface area contributed by atoms with E-state index in [-0.39, 0.29) is 5.91 Å². The van der Waals surface area contributed by atoms with Gasteiger partial charge in [0, 0.05) is 12.6 Å². The summed E-state index contributed by atoms with van der Waals surface area (Å²) in [4.78, 5) is 14.4. The van der Waals surface area contributed by atoms with E-state index in [4.69, 9.17) is 5.73 Å². The highest BCUT2D eigenvalue weighted by Gasteiger charge is 2.28. The lowest BCUT2D eigenvalue weighted by atomic mass is 9.94. The smallest absolute Gasteiger partial charge is 0.239 e. The summed E-state index contributed by atoms with van der Waals surface area (Å²) < 4.78 is 0. The van der Waals surface area contributed by atoms with Crippen molar-refractivity contribution in [2.24, 2.45) is 17.6 Å². The molecule has 1 unspecified atom stereocenters. The fourth-order valence-electron chi connectivity index (χ4n) is 2.57. The summed E-state index contributed by atoms with van der Waals surface area (Å²) in [5.74, 6) is 1.31. The number of hydrogen-bond acceptors (Lipinski definition) is 3. The standard InChI is InChI=1S/C15H31N3O/c1-11(2)13(10-17-14(19)15(4,5)16)18-8-6-12(3)7-9-18/h11-13H,6-10,16H2,1-5H3,(H,17,19). The summed E-state index contributed by atoms with van der Waals surface area (Å²) in [5.41, 5.74) is 5.02. The lowest BCUT2D eigenvalue weighted by Crippen LogP contribution is -2.54. The van der Waals surface area contributed by atoms with Crippen molar-refractivity contribution in [3.63, 3.8) is 0 Å². The van der Waals surface area contributed by atoms with Crippen LogP contribution >= 0.6 is 0 Å². The Hall–Kier alpha value is -0.610. The van der Waals surface area contributed by atoms with Gasteiger partial charge in [0.1, 0.15) is 0 Å². The Morgan fingerprint density at radius 2 is 1.89 bits per heavy atom. The Bertz CT molecular complexity index is 288. The van der Waals surface area contributed by atoms with E-state index in [1.807, 2.05) is 0 Å². The first kappa shape index (κ1) is 16.4. The van der Waals surface area contributed by atoms with Gasteiger partial charge >= 0.3 is 0 Å². The Kier molecular flexibility index (Phi) is 5.81. The molecule has 3 N–H and O–H groups in total. The first-order valence-corrected chi connectivity index (χ1v) is 7.53. The number of carbonyl (C=O) groups excluding carboxylic acids is 1. The van der Waals surface area contributed by atoms with E-state index in [9.17, 15) is 4.79 Å². The monoisotopic (exact) mass is 269 g/mol. The van der Waals surface area contributed by atoms with E-state index in [1.54, 1.807) is 13.8 Å². The van der Waals surface area contributed by atoms with Gasteiger partial charge in [-0.3, -0.25) is 9.69 Å². The average Bonchev–Trinajstić information content (AvgIpc) is 2.29. The van der Waals surface area contributed by atoms with Crippen LogP contribution in [0.4, 0.5) is 0 Å². The SMILES string of the molecule is CC1CCN(C(CNC(=O)C(C)(C)N)C(C)C)CC1. The summed E-state index contributed by atoms with van der Waals surface area (Å²) in [6, 6.07) is 0.416. The zero-order chi connectivity index (χ0) is 14.6. The van der Waals surface area contributed by atoms with Crippen molar-refractivity contribution < 1.29 is 4.79 Å². The molecule has 4 heteroatoms. The van der Waals surface area contributed by atoms with Crippen molar-refractivity contribution in [3.05, 3.63) is 0 Å². The van der Waals surface area contributed by atoms with E-state index in [0.29, 0.717) is 18.5 Å². The maximum atomic E-state index is 11.9. The van der Waals surface area contributed by atoms with Crippen molar-refractivity contribution in [3.8, 4) is 0 Å². The third-order valence-corrected chi connectivity index (χ3v) is 4.11. The average molecular weight is 269 g/mol. The lowest BCUT2D eigenvalue weighted by molar-refractivity contribution is -0.125. The number of nitrogens with zero attached hydrogens (tertiary/aromatic N) is 1. The molecule has 19 heavy (non-hydrogen) atoms. The molecule has 0 aromatic heterocycles. The fourth-order valence-corrected chi connectivity index (χ4v) is 2.57. The molecule has 0 aliphatic carbocycles. The van der Waals surface area contributed by atoms with E-state index in [2.05, 4.69) is 31.0 Å². The van der Waals surface area contributed by atoms with Gasteiger partial charge in [-0.2, -0.15) is 0 Å². The summed E-state index contributed by atoms with van der Waals surface area (Å²) in [6.45, 7) is 13.2. The molecule has 1 fully saturated rings. The highest BCUT2D eigenvalue weighted by molar-refractivity contribution is 5.85. The Morgan fingerprint density at radius 3 is 2.32 bits per heavy atom. The third kappa shape index (κ3) is 5.11. The summed E-state index contributed by atoms with van der Waals surface area (Å²) in [7, 11) is 0. The second-order valence-electron chi connectivity index (χ2n) is 6.96. The quantitative estimate of drug-likeness (QED) is 0.797. The number of carbonyl (C=O) groups is 1. The van der Waals surface area contributed by atoms with Crippen LogP contribution < -0.4 is 11.1 Å². The maximum Gasteiger partial charge on any atom is 0.239 e. The predicted octanol–water partition coefficient (Wildman–Crippen LogP) is 1.60. The molecule has 1 rings (SSSR count). The number of amides is 1. The molecule has 1 aliphatic heterocycles. The lowest BCUT2D eigenvalue weighted by Gasteiger charge is -2.39. The summed E-state index contributed by atoms with van der Waals surface area (Å²) in [6.07, 6.45) is 2.53. The van der Waals surface area contributed by atoms with Crippen molar-refractivity contribution >= 4 is 5.91 Å². The van der Waals surface area contributed by atoms with Crippen LogP contribution in [0.2, 0.25) is 0 Å². The molecule has 0 saturated carbocycles. The van der Waals surface area contributed by atoms with Crippen molar-refractivity contribution in [2.45, 2.75) is 59.0 Å². The fraction of sp³-hybridized carbons (Fsp3) is 0.933. The Balaban J connectivity index is 2.52. The van der Waals surface area contributed by atoms with Crippen LogP contribution in [-0.4, -0.2) is 42.0 Å². The minimum Gasteiger partial charge on any atom is -0.353 e. The van der Waals surface area contributed by atoms with Crippen molar-refractivity contribution in [1.29, 1.82) is 0 Å². The second-order valence-corrected chi connectivity index (χ2v) is 6.96. The molecule has 0 spiro atoms. The molecule has 1 saturated heterocycles. The topological polar surface area (TPSA) is 58.4 Å². The molecule has 1 heterocycles. The summed E-state index contributed by atoms with van der Waals surface area (Å²) in [5, 5.41) is 3.01. The van der Waals surface area contributed by atoms with E-state index in [0.717, 1.165) is 19.0 Å². The van der Waals surface area contributed by atoms with Crippen LogP contribution in [0.15, 0.2) is 0 Å². The number of likely N-dealkylation sites (tertiary alicyclic amines) is 1. The van der Waals surface area contributed by atoms with Crippen LogP contribution in [0.1, 0.15) is 47.5 Å². The van der Waals surface area contributed by atoms with Crippen LogP contribution in [0.3, 0.4) is 0 Å². The molecular formula is C15H31N3O. The molecule has 0 aromatic rings. The van der Waals surface area contributed by atoms with Crippen LogP contribution in [0, 0.1) is 11.8 Å². The minimum absolute atomic E-state index is 0.0662. The molecule has 1 aliphatic rings. The van der Waals surface area contributed by atoms with Gasteiger partial charge in [-0.25, -0.2) is 0 Å². The number of hydrogen-bond donors (Lipinski definition) is 2.